The van der Waals surface area contributed by atoms with Crippen LogP contribution in [-0.4, -0.2) is 45.7 Å². The Bertz CT molecular complexity index is 1190. The summed E-state index contributed by atoms with van der Waals surface area (Å²) in [4.78, 5) is 18.7. The number of allylic oxidation sites excluding steroid dienone is 4. The second-order valence-corrected chi connectivity index (χ2v) is 8.83. The number of hydrogen-bond donors (Lipinski definition) is 2. The number of nitrogens with zero attached hydrogens (tertiary/aromatic N) is 3. The van der Waals surface area contributed by atoms with Gasteiger partial charge < -0.3 is 9.47 Å². The topological polar surface area (TPSA) is 70.4 Å². The van der Waals surface area contributed by atoms with Gasteiger partial charge in [0.1, 0.15) is 5.82 Å². The van der Waals surface area contributed by atoms with E-state index in [-0.39, 0.29) is 0 Å². The number of nitrogens with one attached hydrogen (secondary N) is 1. The molecule has 2 N–H and O–H groups in total. The van der Waals surface area contributed by atoms with Crippen molar-refractivity contribution in [1.82, 2.24) is 19.9 Å². The third kappa shape index (κ3) is 7.63. The van der Waals surface area contributed by atoms with Gasteiger partial charge in [-0.3, -0.25) is 10.0 Å². The summed E-state index contributed by atoms with van der Waals surface area (Å²) in [7, 11) is 2.18. The average molecular weight is 485 g/mol. The summed E-state index contributed by atoms with van der Waals surface area (Å²) in [5.41, 5.74) is 5.91. The Morgan fingerprint density at radius 3 is 2.42 bits per heavy atom. The minimum atomic E-state index is -0.546. The van der Waals surface area contributed by atoms with E-state index in [1.54, 1.807) is 23.7 Å². The maximum absolute atomic E-state index is 11.3. The van der Waals surface area contributed by atoms with E-state index >= 15 is 0 Å². The zero-order valence-corrected chi connectivity index (χ0v) is 21.0. The Labute approximate surface area is 213 Å². The fourth-order valence-corrected chi connectivity index (χ4v) is 4.37. The number of carbonyl (C=O) groups excluding carboxylic acids is 1. The number of imidazole rings is 1. The monoisotopic (exact) mass is 484 g/mol. The highest BCUT2D eigenvalue weighted by Gasteiger charge is 2.23. The van der Waals surface area contributed by atoms with Crippen molar-refractivity contribution in [1.29, 1.82) is 0 Å². The average Bonchev–Trinajstić information content (AvgIpc) is 3.28. The predicted octanol–water partition coefficient (Wildman–Crippen LogP) is 5.52. The molecule has 3 aromatic rings. The highest BCUT2D eigenvalue weighted by Crippen LogP contribution is 2.30. The molecule has 0 radical (unpaired) electrons. The van der Waals surface area contributed by atoms with Gasteiger partial charge in [-0.2, -0.15) is 0 Å². The van der Waals surface area contributed by atoms with Crippen LogP contribution < -0.4 is 5.48 Å². The van der Waals surface area contributed by atoms with E-state index in [4.69, 9.17) is 10.2 Å². The van der Waals surface area contributed by atoms with Crippen molar-refractivity contribution in [2.45, 2.75) is 31.7 Å². The van der Waals surface area contributed by atoms with Gasteiger partial charge in [0.15, 0.2) is 0 Å². The molecule has 4 rings (SSSR count). The first-order valence-corrected chi connectivity index (χ1v) is 12.3. The van der Waals surface area contributed by atoms with Crippen molar-refractivity contribution in [3.63, 3.8) is 0 Å². The number of amides is 1. The molecule has 1 aliphatic heterocycles. The number of likely N-dealkylation sites (tertiary alicyclic amines) is 1. The van der Waals surface area contributed by atoms with E-state index in [1.807, 2.05) is 30.4 Å². The first kappa shape index (κ1) is 26.9. The Balaban J connectivity index is 0.000000538. The fraction of sp³-hybridized carbons (Fsp3) is 0.267. The Kier molecular flexibility index (Phi) is 10.4. The molecule has 6 heteroatoms. The van der Waals surface area contributed by atoms with Crippen molar-refractivity contribution < 1.29 is 10.0 Å². The van der Waals surface area contributed by atoms with Crippen molar-refractivity contribution in [2.75, 3.05) is 20.1 Å². The van der Waals surface area contributed by atoms with Crippen LogP contribution in [0.5, 0.6) is 0 Å². The summed E-state index contributed by atoms with van der Waals surface area (Å²) in [6, 6.07) is 17.1. The van der Waals surface area contributed by atoms with Gasteiger partial charge in [-0.15, -0.1) is 0 Å². The standard InChI is InChI=1S/C24H28N4O2.C6H8/c1-27-15-13-20(14-16-27)28-22-10-7-19(9-12-24(29)26-30)17-21(22)25-23(28)11-8-18-5-3-2-4-6-18;1-3-5-6-4-2/h2-7,9-10,12,17,20,30H,8,11,13-16H2,1H3,(H,26,29);3-6H,1-2H2/b12-9+;6-5-. The van der Waals surface area contributed by atoms with Gasteiger partial charge in [0.25, 0.3) is 5.91 Å². The van der Waals surface area contributed by atoms with Crippen LogP contribution in [0.25, 0.3) is 17.1 Å². The van der Waals surface area contributed by atoms with E-state index in [2.05, 4.69) is 60.0 Å². The van der Waals surface area contributed by atoms with Crippen molar-refractivity contribution >= 4 is 23.0 Å². The smallest absolute Gasteiger partial charge is 0.267 e. The lowest BCUT2D eigenvalue weighted by Crippen LogP contribution is -2.32. The maximum Gasteiger partial charge on any atom is 0.267 e. The molecule has 188 valence electrons. The number of fused-ring (bicyclic) bond motifs is 1. The molecule has 0 unspecified atom stereocenters. The van der Waals surface area contributed by atoms with Gasteiger partial charge in [-0.25, -0.2) is 10.5 Å². The molecule has 1 fully saturated rings. The molecule has 0 atom stereocenters. The molecule has 0 spiro atoms. The van der Waals surface area contributed by atoms with Crippen molar-refractivity contribution in [2.24, 2.45) is 0 Å². The zero-order valence-electron chi connectivity index (χ0n) is 21.0. The fourth-order valence-electron chi connectivity index (χ4n) is 4.37. The normalized spacial score (nSPS) is 14.6. The first-order valence-electron chi connectivity index (χ1n) is 12.3. The summed E-state index contributed by atoms with van der Waals surface area (Å²) in [5.74, 6) is 0.577. The van der Waals surface area contributed by atoms with Gasteiger partial charge in [-0.05, 0) is 68.7 Å². The first-order chi connectivity index (χ1) is 17.5. The van der Waals surface area contributed by atoms with Gasteiger partial charge >= 0.3 is 0 Å². The highest BCUT2D eigenvalue weighted by atomic mass is 16.5. The quantitative estimate of drug-likeness (QED) is 0.191. The minimum Gasteiger partial charge on any atom is -0.325 e. The van der Waals surface area contributed by atoms with Gasteiger partial charge in [0.05, 0.1) is 11.0 Å². The summed E-state index contributed by atoms with van der Waals surface area (Å²) in [6.45, 7) is 9.12. The van der Waals surface area contributed by atoms with Crippen LogP contribution in [-0.2, 0) is 17.6 Å². The summed E-state index contributed by atoms with van der Waals surface area (Å²) >= 11 is 0. The predicted molar refractivity (Wildman–Crippen MR) is 148 cm³/mol. The van der Waals surface area contributed by atoms with E-state index in [0.29, 0.717) is 6.04 Å². The Morgan fingerprint density at radius 2 is 1.78 bits per heavy atom. The van der Waals surface area contributed by atoms with Crippen molar-refractivity contribution in [3.05, 3.63) is 109 Å². The van der Waals surface area contributed by atoms with Crippen LogP contribution in [0.15, 0.2) is 92.1 Å². The van der Waals surface area contributed by atoms with Crippen LogP contribution in [0, 0.1) is 0 Å². The van der Waals surface area contributed by atoms with E-state index < -0.39 is 5.91 Å². The molecular weight excluding hydrogens is 448 g/mol. The maximum atomic E-state index is 11.3. The van der Waals surface area contributed by atoms with Gasteiger partial charge in [0.2, 0.25) is 0 Å². The number of aryl methyl sites for hydroxylation is 2. The third-order valence-electron chi connectivity index (χ3n) is 6.24. The SMILES string of the molecule is C=C/C=C\C=C.CN1CCC(n2c(CCc3ccccc3)nc3cc(/C=C/C(=O)NO)ccc32)CC1. The lowest BCUT2D eigenvalue weighted by molar-refractivity contribution is -0.124. The molecule has 36 heavy (non-hydrogen) atoms. The Hall–Kier alpha value is -3.74. The summed E-state index contributed by atoms with van der Waals surface area (Å²) in [6.07, 6.45) is 14.2. The number of benzene rings is 2. The van der Waals surface area contributed by atoms with Crippen LogP contribution >= 0.6 is 0 Å². The van der Waals surface area contributed by atoms with Crippen molar-refractivity contribution in [3.8, 4) is 0 Å². The molecule has 2 aromatic carbocycles. The van der Waals surface area contributed by atoms with Gasteiger partial charge in [-0.1, -0.05) is 73.9 Å². The Morgan fingerprint density at radius 1 is 1.08 bits per heavy atom. The van der Waals surface area contributed by atoms with E-state index in [0.717, 1.165) is 61.2 Å². The number of aromatic nitrogens is 2. The number of hydroxylamine groups is 1. The molecule has 1 aliphatic rings. The molecule has 0 aliphatic carbocycles. The second kappa shape index (κ2) is 14.0. The summed E-state index contributed by atoms with van der Waals surface area (Å²) in [5, 5.41) is 8.67. The van der Waals surface area contributed by atoms with E-state index in [9.17, 15) is 4.79 Å². The minimum absolute atomic E-state index is 0.457. The van der Waals surface area contributed by atoms with Crippen LogP contribution in [0.1, 0.15) is 35.8 Å². The lowest BCUT2D eigenvalue weighted by atomic mass is 10.0. The van der Waals surface area contributed by atoms with E-state index in [1.165, 1.54) is 11.6 Å². The number of carbonyl (C=O) groups is 1. The third-order valence-corrected chi connectivity index (χ3v) is 6.24. The second-order valence-electron chi connectivity index (χ2n) is 8.83. The number of rotatable bonds is 8. The molecule has 6 nitrogen and oxygen atoms in total. The zero-order chi connectivity index (χ0) is 25.8. The molecule has 0 bridgehead atoms. The lowest BCUT2D eigenvalue weighted by Gasteiger charge is -2.31. The number of piperidine rings is 1. The van der Waals surface area contributed by atoms with Crippen LogP contribution in [0.4, 0.5) is 0 Å². The molecule has 2 heterocycles. The van der Waals surface area contributed by atoms with Crippen LogP contribution in [0.3, 0.4) is 0 Å². The largest absolute Gasteiger partial charge is 0.325 e. The molecule has 1 amide bonds. The molecule has 1 saturated heterocycles. The number of hydrogen-bond acceptors (Lipinski definition) is 4. The summed E-state index contributed by atoms with van der Waals surface area (Å²) < 4.78 is 2.44. The highest BCUT2D eigenvalue weighted by molar-refractivity contribution is 5.91. The molecule has 0 saturated carbocycles. The van der Waals surface area contributed by atoms with Crippen LogP contribution in [0.2, 0.25) is 0 Å². The molecular formula is C30H36N4O2. The van der Waals surface area contributed by atoms with Gasteiger partial charge in [0, 0.05) is 18.5 Å². The molecule has 1 aromatic heterocycles.